The highest BCUT2D eigenvalue weighted by atomic mass is 16.5. The SMILES string of the molecule is COCc1cc(O)cc2c1O[C@@H](C1C=CC(O)=CC1)[C@H]1CC(=O)C[C@@H]21. The number of hydrogen-bond donors (Lipinski definition) is 2. The van der Waals surface area contributed by atoms with Crippen LogP contribution in [0.5, 0.6) is 11.5 Å². The summed E-state index contributed by atoms with van der Waals surface area (Å²) >= 11 is 0. The molecule has 0 saturated heterocycles. The lowest BCUT2D eigenvalue weighted by atomic mass is 9.76. The zero-order valence-corrected chi connectivity index (χ0v) is 14.1. The van der Waals surface area contributed by atoms with Gasteiger partial charge in [-0.25, -0.2) is 0 Å². The number of carbonyl (C=O) groups excluding carboxylic acids is 1. The molecule has 1 aromatic rings. The molecule has 1 fully saturated rings. The van der Waals surface area contributed by atoms with Crippen molar-refractivity contribution in [1.82, 2.24) is 0 Å². The van der Waals surface area contributed by atoms with Crippen LogP contribution < -0.4 is 4.74 Å². The first-order valence-corrected chi connectivity index (χ1v) is 8.67. The molecule has 5 heteroatoms. The number of hydrogen-bond acceptors (Lipinski definition) is 5. The van der Waals surface area contributed by atoms with Crippen molar-refractivity contribution >= 4 is 5.78 Å². The van der Waals surface area contributed by atoms with Gasteiger partial charge in [-0.3, -0.25) is 4.79 Å². The Hall–Kier alpha value is -2.27. The number of ketones is 1. The molecule has 3 aliphatic rings. The van der Waals surface area contributed by atoms with Gasteiger partial charge in [0.1, 0.15) is 29.1 Å². The molecule has 4 atom stereocenters. The van der Waals surface area contributed by atoms with Crippen LogP contribution in [-0.4, -0.2) is 29.2 Å². The summed E-state index contributed by atoms with van der Waals surface area (Å²) in [4.78, 5) is 12.2. The van der Waals surface area contributed by atoms with E-state index in [0.717, 1.165) is 16.9 Å². The second-order valence-electron chi connectivity index (χ2n) is 7.14. The van der Waals surface area contributed by atoms with E-state index in [1.165, 1.54) is 0 Å². The van der Waals surface area contributed by atoms with Crippen LogP contribution in [0.4, 0.5) is 0 Å². The molecule has 2 aliphatic carbocycles. The summed E-state index contributed by atoms with van der Waals surface area (Å²) in [5.41, 5.74) is 1.72. The fourth-order valence-electron chi connectivity index (χ4n) is 4.45. The van der Waals surface area contributed by atoms with Crippen LogP contribution in [0.15, 0.2) is 36.1 Å². The number of Topliss-reactive ketones (excluding diaryl/α,β-unsaturated/α-hetero) is 1. The second kappa shape index (κ2) is 6.23. The largest absolute Gasteiger partial charge is 0.508 e. The summed E-state index contributed by atoms with van der Waals surface area (Å²) in [5.74, 6) is 1.72. The predicted molar refractivity (Wildman–Crippen MR) is 91.7 cm³/mol. The fourth-order valence-corrected chi connectivity index (χ4v) is 4.45. The molecule has 0 amide bonds. The average molecular weight is 342 g/mol. The Labute approximate surface area is 146 Å². The van der Waals surface area contributed by atoms with Crippen LogP contribution in [0, 0.1) is 11.8 Å². The van der Waals surface area contributed by atoms with Gasteiger partial charge in [0.15, 0.2) is 0 Å². The number of carbonyl (C=O) groups is 1. The number of phenols is 1. The summed E-state index contributed by atoms with van der Waals surface area (Å²) in [6, 6.07) is 3.39. The standard InChI is InChI=1S/C20H22O5/c1-24-10-12-6-14(22)8-18-16-7-15(23)9-17(16)19(25-20(12)18)11-2-4-13(21)5-3-11/h2,4-6,8,11,16-17,19,21-22H,3,7,9-10H2,1H3/t11?,16-,17+,19+/m1/s1. The van der Waals surface area contributed by atoms with Crippen LogP contribution in [-0.2, 0) is 16.1 Å². The van der Waals surface area contributed by atoms with E-state index in [2.05, 4.69) is 0 Å². The lowest BCUT2D eigenvalue weighted by Crippen LogP contribution is -2.39. The van der Waals surface area contributed by atoms with E-state index >= 15 is 0 Å². The van der Waals surface area contributed by atoms with Crippen molar-refractivity contribution < 1.29 is 24.5 Å². The number of aliphatic hydroxyl groups excluding tert-OH is 1. The minimum absolute atomic E-state index is 0.0665. The van der Waals surface area contributed by atoms with Gasteiger partial charge in [0.2, 0.25) is 0 Å². The van der Waals surface area contributed by atoms with Crippen LogP contribution in [0.3, 0.4) is 0 Å². The van der Waals surface area contributed by atoms with Crippen molar-refractivity contribution in [3.05, 3.63) is 47.2 Å². The Kier molecular flexibility index (Phi) is 4.04. The molecule has 0 aromatic heterocycles. The molecule has 1 aromatic carbocycles. The molecule has 25 heavy (non-hydrogen) atoms. The van der Waals surface area contributed by atoms with Gasteiger partial charge in [0.05, 0.1) is 6.61 Å². The van der Waals surface area contributed by atoms with Gasteiger partial charge in [-0.15, -0.1) is 0 Å². The minimum Gasteiger partial charge on any atom is -0.508 e. The third-order valence-corrected chi connectivity index (χ3v) is 5.52. The highest BCUT2D eigenvalue weighted by Crippen LogP contribution is 2.52. The lowest BCUT2D eigenvalue weighted by Gasteiger charge is -2.40. The van der Waals surface area contributed by atoms with Gasteiger partial charge < -0.3 is 19.7 Å². The van der Waals surface area contributed by atoms with Gasteiger partial charge in [-0.2, -0.15) is 0 Å². The molecule has 1 heterocycles. The third-order valence-electron chi connectivity index (χ3n) is 5.52. The maximum absolute atomic E-state index is 12.2. The fraction of sp³-hybridized carbons (Fsp3) is 0.450. The van der Waals surface area contributed by atoms with E-state index in [0.29, 0.717) is 25.9 Å². The number of fused-ring (bicyclic) bond motifs is 3. The number of ether oxygens (including phenoxy) is 2. The van der Waals surface area contributed by atoms with Gasteiger partial charge in [-0.1, -0.05) is 6.08 Å². The first-order chi connectivity index (χ1) is 12.1. The topological polar surface area (TPSA) is 76.0 Å². The molecule has 4 rings (SSSR count). The monoisotopic (exact) mass is 342 g/mol. The Morgan fingerprint density at radius 2 is 2.12 bits per heavy atom. The van der Waals surface area contributed by atoms with Gasteiger partial charge in [0.25, 0.3) is 0 Å². The van der Waals surface area contributed by atoms with E-state index in [1.54, 1.807) is 31.4 Å². The van der Waals surface area contributed by atoms with Crippen LogP contribution >= 0.6 is 0 Å². The highest BCUT2D eigenvalue weighted by molar-refractivity contribution is 5.83. The Balaban J connectivity index is 1.75. The van der Waals surface area contributed by atoms with E-state index in [9.17, 15) is 15.0 Å². The van der Waals surface area contributed by atoms with E-state index in [4.69, 9.17) is 9.47 Å². The molecule has 132 valence electrons. The molecule has 5 nitrogen and oxygen atoms in total. The lowest BCUT2D eigenvalue weighted by molar-refractivity contribution is -0.117. The van der Waals surface area contributed by atoms with Gasteiger partial charge in [-0.05, 0) is 30.7 Å². The smallest absolute Gasteiger partial charge is 0.133 e. The zero-order chi connectivity index (χ0) is 17.6. The molecule has 0 bridgehead atoms. The maximum Gasteiger partial charge on any atom is 0.133 e. The van der Waals surface area contributed by atoms with Gasteiger partial charge in [0, 0.05) is 48.8 Å². The molecule has 1 aliphatic heterocycles. The maximum atomic E-state index is 12.2. The minimum atomic E-state index is -0.121. The molecule has 1 unspecified atom stereocenters. The van der Waals surface area contributed by atoms with Crippen molar-refractivity contribution in [1.29, 1.82) is 0 Å². The molecule has 2 N–H and O–H groups in total. The van der Waals surface area contributed by atoms with Crippen LogP contribution in [0.25, 0.3) is 0 Å². The second-order valence-corrected chi connectivity index (χ2v) is 7.14. The number of phenolic OH excluding ortho intramolecular Hbond substituents is 1. The summed E-state index contributed by atoms with van der Waals surface area (Å²) in [6.45, 7) is 0.343. The average Bonchev–Trinajstić information content (AvgIpc) is 2.97. The van der Waals surface area contributed by atoms with Crippen molar-refractivity contribution in [3.63, 3.8) is 0 Å². The summed E-state index contributed by atoms with van der Waals surface area (Å²) in [5, 5.41) is 19.7. The number of allylic oxidation sites excluding steroid dienone is 2. The summed E-state index contributed by atoms with van der Waals surface area (Å²) in [6.07, 6.45) is 7.03. The highest BCUT2D eigenvalue weighted by Gasteiger charge is 2.47. The number of aliphatic hydroxyl groups is 1. The van der Waals surface area contributed by atoms with E-state index in [-0.39, 0.29) is 41.1 Å². The number of aromatic hydroxyl groups is 1. The van der Waals surface area contributed by atoms with Crippen LogP contribution in [0.2, 0.25) is 0 Å². The first-order valence-electron chi connectivity index (χ1n) is 8.67. The normalized spacial score (nSPS) is 30.4. The Bertz CT molecular complexity index is 764. The summed E-state index contributed by atoms with van der Waals surface area (Å²) < 4.78 is 11.7. The van der Waals surface area contributed by atoms with Crippen LogP contribution in [0.1, 0.15) is 36.3 Å². The molecule has 0 radical (unpaired) electrons. The molecular formula is C20H22O5. The molecular weight excluding hydrogens is 320 g/mol. The van der Waals surface area contributed by atoms with Crippen molar-refractivity contribution in [2.24, 2.45) is 11.8 Å². The third kappa shape index (κ3) is 2.82. The first kappa shape index (κ1) is 16.2. The van der Waals surface area contributed by atoms with E-state index in [1.807, 2.05) is 6.08 Å². The number of benzene rings is 1. The number of methoxy groups -OCH3 is 1. The van der Waals surface area contributed by atoms with E-state index < -0.39 is 0 Å². The Morgan fingerprint density at radius 3 is 2.84 bits per heavy atom. The van der Waals surface area contributed by atoms with Crippen molar-refractivity contribution in [2.75, 3.05) is 7.11 Å². The van der Waals surface area contributed by atoms with Gasteiger partial charge >= 0.3 is 0 Å². The molecule has 0 spiro atoms. The van der Waals surface area contributed by atoms with Crippen molar-refractivity contribution in [2.45, 2.75) is 37.9 Å². The zero-order valence-electron chi connectivity index (χ0n) is 14.1. The Morgan fingerprint density at radius 1 is 1.28 bits per heavy atom. The van der Waals surface area contributed by atoms with Crippen molar-refractivity contribution in [3.8, 4) is 11.5 Å². The molecule has 1 saturated carbocycles. The quantitative estimate of drug-likeness (QED) is 0.881. The predicted octanol–water partition coefficient (Wildman–Crippen LogP) is 3.38. The summed E-state index contributed by atoms with van der Waals surface area (Å²) in [7, 11) is 1.61. The number of rotatable bonds is 3.